The van der Waals surface area contributed by atoms with E-state index in [1.54, 1.807) is 6.08 Å². The molecule has 0 aromatic heterocycles. The van der Waals surface area contributed by atoms with E-state index in [0.717, 1.165) is 51.4 Å². The zero-order valence-corrected chi connectivity index (χ0v) is 15.5. The molecule has 4 N–H and O–H groups in total. The summed E-state index contributed by atoms with van der Waals surface area (Å²) in [5.41, 5.74) is 0. The number of aliphatic hydroxyl groups excluding tert-OH is 3. The predicted molar refractivity (Wildman–Crippen MR) is 98.2 cm³/mol. The van der Waals surface area contributed by atoms with Crippen molar-refractivity contribution in [3.63, 3.8) is 0 Å². The lowest BCUT2D eigenvalue weighted by atomic mass is 9.88. The third-order valence-corrected chi connectivity index (χ3v) is 5.25. The van der Waals surface area contributed by atoms with Crippen LogP contribution in [-0.4, -0.2) is 44.7 Å². The number of carboxylic acid groups (broad SMARTS) is 1. The van der Waals surface area contributed by atoms with E-state index in [0.29, 0.717) is 12.8 Å². The van der Waals surface area contributed by atoms with Crippen LogP contribution in [0.4, 0.5) is 0 Å². The normalized spacial score (nSPS) is 27.8. The fourth-order valence-corrected chi connectivity index (χ4v) is 3.74. The quantitative estimate of drug-likeness (QED) is 0.300. The standard InChI is InChI=1S/C20H36O5/c1-2-3-6-9-15(21)12-13-17-16(18(22)14-19(17)23)10-7-4-5-8-11-20(24)25/h12-13,15-19,21-23H,2-11,14H2,1H3,(H,24,25)/t15-,16?,17?,18?,19?/m0/s1. The minimum absolute atomic E-state index is 0.0218. The van der Waals surface area contributed by atoms with Crippen molar-refractivity contribution in [1.29, 1.82) is 0 Å². The second-order valence-corrected chi connectivity index (χ2v) is 7.41. The zero-order valence-electron chi connectivity index (χ0n) is 15.5. The molecule has 1 aliphatic rings. The van der Waals surface area contributed by atoms with Gasteiger partial charge >= 0.3 is 5.97 Å². The molecule has 1 saturated carbocycles. The van der Waals surface area contributed by atoms with Crippen LogP contribution < -0.4 is 0 Å². The first-order valence-electron chi connectivity index (χ1n) is 9.90. The number of aliphatic hydroxyl groups is 3. The summed E-state index contributed by atoms with van der Waals surface area (Å²) in [6, 6.07) is 0. The molecule has 0 aliphatic heterocycles. The first-order valence-corrected chi connectivity index (χ1v) is 9.90. The third-order valence-electron chi connectivity index (χ3n) is 5.25. The van der Waals surface area contributed by atoms with Crippen molar-refractivity contribution in [2.75, 3.05) is 0 Å². The average molecular weight is 357 g/mol. The summed E-state index contributed by atoms with van der Waals surface area (Å²) in [7, 11) is 0. The van der Waals surface area contributed by atoms with E-state index >= 15 is 0 Å². The van der Waals surface area contributed by atoms with Crippen molar-refractivity contribution in [3.05, 3.63) is 12.2 Å². The second-order valence-electron chi connectivity index (χ2n) is 7.41. The Morgan fingerprint density at radius 3 is 2.48 bits per heavy atom. The Labute approximate surface area is 151 Å². The maximum absolute atomic E-state index is 10.5. The van der Waals surface area contributed by atoms with Crippen LogP contribution in [0, 0.1) is 11.8 Å². The molecule has 5 heteroatoms. The lowest BCUT2D eigenvalue weighted by Crippen LogP contribution is -2.21. The maximum atomic E-state index is 10.5. The molecule has 1 rings (SSSR count). The number of hydrogen-bond donors (Lipinski definition) is 4. The van der Waals surface area contributed by atoms with E-state index in [4.69, 9.17) is 5.11 Å². The summed E-state index contributed by atoms with van der Waals surface area (Å²) >= 11 is 0. The van der Waals surface area contributed by atoms with Gasteiger partial charge in [0.15, 0.2) is 0 Å². The summed E-state index contributed by atoms with van der Waals surface area (Å²) in [6.07, 6.45) is 11.0. The van der Waals surface area contributed by atoms with Crippen LogP contribution in [0.1, 0.15) is 77.6 Å². The number of carboxylic acids is 1. The Balaban J connectivity index is 2.38. The monoisotopic (exact) mass is 356 g/mol. The second kappa shape index (κ2) is 12.4. The molecule has 0 aromatic carbocycles. The van der Waals surface area contributed by atoms with Gasteiger partial charge in [-0.3, -0.25) is 4.79 Å². The van der Waals surface area contributed by atoms with E-state index in [9.17, 15) is 20.1 Å². The van der Waals surface area contributed by atoms with Gasteiger partial charge in [0.25, 0.3) is 0 Å². The van der Waals surface area contributed by atoms with Crippen molar-refractivity contribution < 1.29 is 25.2 Å². The molecular weight excluding hydrogens is 320 g/mol. The van der Waals surface area contributed by atoms with Crippen LogP contribution in [0.15, 0.2) is 12.2 Å². The number of carbonyl (C=O) groups is 1. The van der Waals surface area contributed by atoms with Crippen LogP contribution >= 0.6 is 0 Å². The van der Waals surface area contributed by atoms with Gasteiger partial charge in [-0.15, -0.1) is 0 Å². The lowest BCUT2D eigenvalue weighted by molar-refractivity contribution is -0.137. The number of rotatable bonds is 13. The highest BCUT2D eigenvalue weighted by molar-refractivity contribution is 5.66. The average Bonchev–Trinajstić information content (AvgIpc) is 2.82. The number of unbranched alkanes of at least 4 members (excludes halogenated alkanes) is 5. The summed E-state index contributed by atoms with van der Waals surface area (Å²) < 4.78 is 0. The van der Waals surface area contributed by atoms with Gasteiger partial charge in [-0.25, -0.2) is 0 Å². The highest BCUT2D eigenvalue weighted by Crippen LogP contribution is 2.37. The molecule has 25 heavy (non-hydrogen) atoms. The molecule has 146 valence electrons. The van der Waals surface area contributed by atoms with Crippen LogP contribution in [0.5, 0.6) is 0 Å². The summed E-state index contributed by atoms with van der Waals surface area (Å²) in [5.74, 6) is -0.833. The minimum Gasteiger partial charge on any atom is -0.481 e. The van der Waals surface area contributed by atoms with Crippen molar-refractivity contribution in [1.82, 2.24) is 0 Å². The van der Waals surface area contributed by atoms with Gasteiger partial charge in [-0.1, -0.05) is 57.6 Å². The molecule has 1 fully saturated rings. The van der Waals surface area contributed by atoms with Gasteiger partial charge in [0.1, 0.15) is 0 Å². The van der Waals surface area contributed by atoms with Crippen molar-refractivity contribution in [2.45, 2.75) is 95.9 Å². The Morgan fingerprint density at radius 2 is 1.80 bits per heavy atom. The summed E-state index contributed by atoms with van der Waals surface area (Å²) in [5, 5.41) is 39.0. The van der Waals surface area contributed by atoms with E-state index in [1.807, 2.05) is 6.08 Å². The Morgan fingerprint density at radius 1 is 1.08 bits per heavy atom. The number of aliphatic carboxylic acids is 1. The van der Waals surface area contributed by atoms with E-state index in [-0.39, 0.29) is 18.3 Å². The van der Waals surface area contributed by atoms with Crippen LogP contribution in [0.25, 0.3) is 0 Å². The fraction of sp³-hybridized carbons (Fsp3) is 0.850. The first kappa shape index (κ1) is 22.1. The summed E-state index contributed by atoms with van der Waals surface area (Å²) in [4.78, 5) is 10.5. The molecule has 0 radical (unpaired) electrons. The molecule has 4 unspecified atom stereocenters. The van der Waals surface area contributed by atoms with Gasteiger partial charge in [0.2, 0.25) is 0 Å². The predicted octanol–water partition coefficient (Wildman–Crippen LogP) is 3.27. The topological polar surface area (TPSA) is 98.0 Å². The molecule has 5 atom stereocenters. The van der Waals surface area contributed by atoms with Crippen molar-refractivity contribution in [3.8, 4) is 0 Å². The van der Waals surface area contributed by atoms with Gasteiger partial charge in [0, 0.05) is 18.8 Å². The Kier molecular flexibility index (Phi) is 11.0. The molecule has 0 amide bonds. The van der Waals surface area contributed by atoms with Gasteiger partial charge < -0.3 is 20.4 Å². The highest BCUT2D eigenvalue weighted by Gasteiger charge is 2.39. The molecule has 1 aliphatic carbocycles. The molecular formula is C20H36O5. The molecule has 0 spiro atoms. The fourth-order valence-electron chi connectivity index (χ4n) is 3.74. The largest absolute Gasteiger partial charge is 0.481 e. The molecule has 5 nitrogen and oxygen atoms in total. The van der Waals surface area contributed by atoms with E-state index in [2.05, 4.69) is 6.92 Å². The van der Waals surface area contributed by atoms with Crippen LogP contribution in [-0.2, 0) is 4.79 Å². The Bertz CT molecular complexity index is 396. The molecule has 0 aromatic rings. The van der Waals surface area contributed by atoms with Crippen molar-refractivity contribution >= 4 is 5.97 Å². The van der Waals surface area contributed by atoms with Gasteiger partial charge in [-0.2, -0.15) is 0 Å². The smallest absolute Gasteiger partial charge is 0.303 e. The van der Waals surface area contributed by atoms with Crippen LogP contribution in [0.2, 0.25) is 0 Å². The highest BCUT2D eigenvalue weighted by atomic mass is 16.4. The third kappa shape index (κ3) is 8.84. The first-order chi connectivity index (χ1) is 12.0. The number of hydrogen-bond acceptors (Lipinski definition) is 4. The molecule has 0 heterocycles. The van der Waals surface area contributed by atoms with E-state index < -0.39 is 24.3 Å². The Hall–Kier alpha value is -0.910. The van der Waals surface area contributed by atoms with E-state index in [1.165, 1.54) is 0 Å². The zero-order chi connectivity index (χ0) is 18.7. The lowest BCUT2D eigenvalue weighted by Gasteiger charge is -2.21. The SMILES string of the molecule is CCCCC[C@H](O)C=CC1C(O)CC(O)C1CCCCCCC(=O)O. The maximum Gasteiger partial charge on any atom is 0.303 e. The van der Waals surface area contributed by atoms with Crippen molar-refractivity contribution in [2.24, 2.45) is 11.8 Å². The van der Waals surface area contributed by atoms with Crippen LogP contribution in [0.3, 0.4) is 0 Å². The molecule has 0 saturated heterocycles. The summed E-state index contributed by atoms with van der Waals surface area (Å²) in [6.45, 7) is 2.13. The van der Waals surface area contributed by atoms with Gasteiger partial charge in [0.05, 0.1) is 18.3 Å². The minimum atomic E-state index is -0.753. The molecule has 0 bridgehead atoms. The van der Waals surface area contributed by atoms with Gasteiger partial charge in [-0.05, 0) is 25.2 Å².